The van der Waals surface area contributed by atoms with Crippen molar-refractivity contribution >= 4 is 0 Å². The van der Waals surface area contributed by atoms with Gasteiger partial charge in [0.2, 0.25) is 5.88 Å². The van der Waals surface area contributed by atoms with Gasteiger partial charge < -0.3 is 9.47 Å². The average Bonchev–Trinajstić information content (AvgIpc) is 2.23. The summed E-state index contributed by atoms with van der Waals surface area (Å²) in [4.78, 5) is 2.64. The molecule has 0 bridgehead atoms. The van der Waals surface area contributed by atoms with Crippen LogP contribution in [0.25, 0.3) is 0 Å². The molecule has 20 heavy (non-hydrogen) atoms. The number of rotatable bonds is 3. The minimum absolute atomic E-state index is 0.0776. The van der Waals surface area contributed by atoms with Crippen LogP contribution in [-0.4, -0.2) is 18.5 Å². The van der Waals surface area contributed by atoms with Gasteiger partial charge in [0.15, 0.2) is 0 Å². The Balaban J connectivity index is 3.50. The molecule has 0 unspecified atom stereocenters. The molecular formula is C9H5F8NO2. The van der Waals surface area contributed by atoms with Crippen LogP contribution in [0.4, 0.5) is 35.1 Å². The number of hydrogen-bond donors (Lipinski definition) is 0. The van der Waals surface area contributed by atoms with Crippen molar-refractivity contribution in [1.82, 2.24) is 4.98 Å². The fourth-order valence-electron chi connectivity index (χ4n) is 1.30. The molecule has 0 atom stereocenters. The molecule has 0 N–H and O–H groups in total. The van der Waals surface area contributed by atoms with E-state index >= 15 is 0 Å². The first kappa shape index (κ1) is 16.2. The second-order valence-corrected chi connectivity index (χ2v) is 3.27. The third-order valence-corrected chi connectivity index (χ3v) is 1.97. The van der Waals surface area contributed by atoms with E-state index in [2.05, 4.69) is 14.5 Å². The Labute approximate surface area is 106 Å². The Kier molecular flexibility index (Phi) is 4.30. The average molecular weight is 311 g/mol. The van der Waals surface area contributed by atoms with E-state index in [0.717, 1.165) is 0 Å². The summed E-state index contributed by atoms with van der Waals surface area (Å²) in [5, 5.41) is 0. The molecule has 0 radical (unpaired) electrons. The van der Waals surface area contributed by atoms with Crippen molar-refractivity contribution in [2.24, 2.45) is 0 Å². The maximum absolute atomic E-state index is 12.7. The van der Waals surface area contributed by atoms with Gasteiger partial charge in [-0.2, -0.15) is 13.2 Å². The minimum Gasteiger partial charge on any atom is -0.495 e. The molecule has 1 aromatic heterocycles. The molecule has 114 valence electrons. The summed E-state index contributed by atoms with van der Waals surface area (Å²) in [6.07, 6.45) is -14.3. The molecule has 1 heterocycles. The van der Waals surface area contributed by atoms with Gasteiger partial charge in [-0.05, 0) is 0 Å². The van der Waals surface area contributed by atoms with Crippen molar-refractivity contribution in [1.29, 1.82) is 0 Å². The van der Waals surface area contributed by atoms with Crippen LogP contribution < -0.4 is 9.47 Å². The van der Waals surface area contributed by atoms with Crippen molar-refractivity contribution in [3.05, 3.63) is 17.3 Å². The summed E-state index contributed by atoms with van der Waals surface area (Å²) in [6, 6.07) is 0. The predicted molar refractivity (Wildman–Crippen MR) is 47.4 cm³/mol. The third-order valence-electron chi connectivity index (χ3n) is 1.97. The van der Waals surface area contributed by atoms with Gasteiger partial charge in [-0.15, -0.1) is 13.2 Å². The molecule has 1 rings (SSSR count). The second kappa shape index (κ2) is 5.29. The molecular weight excluding hydrogens is 306 g/mol. The first-order chi connectivity index (χ1) is 8.97. The fourth-order valence-corrected chi connectivity index (χ4v) is 1.30. The molecule has 0 saturated heterocycles. The number of ether oxygens (including phenoxy) is 2. The highest BCUT2D eigenvalue weighted by Gasteiger charge is 2.41. The lowest BCUT2D eigenvalue weighted by Gasteiger charge is -2.18. The van der Waals surface area contributed by atoms with E-state index in [-0.39, 0.29) is 6.20 Å². The number of alkyl halides is 8. The van der Waals surface area contributed by atoms with Gasteiger partial charge in [-0.3, -0.25) is 0 Å². The molecule has 0 fully saturated rings. The van der Waals surface area contributed by atoms with Crippen molar-refractivity contribution in [3.63, 3.8) is 0 Å². The lowest BCUT2D eigenvalue weighted by molar-refractivity contribution is -0.276. The summed E-state index contributed by atoms with van der Waals surface area (Å²) >= 11 is 0. The van der Waals surface area contributed by atoms with Crippen LogP contribution in [-0.2, 0) is 6.18 Å². The van der Waals surface area contributed by atoms with E-state index < -0.39 is 41.7 Å². The van der Waals surface area contributed by atoms with E-state index in [1.807, 2.05) is 0 Å². The summed E-state index contributed by atoms with van der Waals surface area (Å²) in [6.45, 7) is 0. The van der Waals surface area contributed by atoms with E-state index in [4.69, 9.17) is 0 Å². The fraction of sp³-hybridized carbons (Fsp3) is 0.444. The van der Waals surface area contributed by atoms with Gasteiger partial charge in [0.25, 0.3) is 6.43 Å². The molecule has 0 aliphatic carbocycles. The van der Waals surface area contributed by atoms with Crippen LogP contribution in [0.1, 0.15) is 17.6 Å². The lowest BCUT2D eigenvalue weighted by atomic mass is 10.1. The smallest absolute Gasteiger partial charge is 0.495 e. The van der Waals surface area contributed by atoms with Gasteiger partial charge in [-0.1, -0.05) is 0 Å². The number of methoxy groups -OCH3 is 1. The van der Waals surface area contributed by atoms with E-state index in [1.54, 1.807) is 0 Å². The highest BCUT2D eigenvalue weighted by atomic mass is 19.4. The highest BCUT2D eigenvalue weighted by Crippen LogP contribution is 2.45. The van der Waals surface area contributed by atoms with Gasteiger partial charge in [0.1, 0.15) is 16.9 Å². The lowest BCUT2D eigenvalue weighted by Crippen LogP contribution is -2.20. The zero-order chi connectivity index (χ0) is 15.7. The molecule has 0 amide bonds. The number of halogens is 8. The number of pyridine rings is 1. The van der Waals surface area contributed by atoms with Gasteiger partial charge in [0, 0.05) is 6.20 Å². The Morgan fingerprint density at radius 1 is 1.10 bits per heavy atom. The second-order valence-electron chi connectivity index (χ2n) is 3.27. The molecule has 1 aromatic rings. The highest BCUT2D eigenvalue weighted by molar-refractivity contribution is 5.47. The van der Waals surface area contributed by atoms with E-state index in [1.165, 1.54) is 0 Å². The summed E-state index contributed by atoms with van der Waals surface area (Å²) < 4.78 is 106. The Bertz CT molecular complexity index is 482. The molecule has 0 aliphatic heterocycles. The monoisotopic (exact) mass is 311 g/mol. The van der Waals surface area contributed by atoms with Crippen molar-refractivity contribution in [2.45, 2.75) is 19.0 Å². The Morgan fingerprint density at radius 2 is 1.65 bits per heavy atom. The molecule has 0 aliphatic rings. The van der Waals surface area contributed by atoms with Gasteiger partial charge >= 0.3 is 12.5 Å². The maximum atomic E-state index is 12.7. The van der Waals surface area contributed by atoms with Crippen molar-refractivity contribution < 1.29 is 44.6 Å². The van der Waals surface area contributed by atoms with Crippen LogP contribution in [0.2, 0.25) is 0 Å². The summed E-state index contributed by atoms with van der Waals surface area (Å²) in [5.74, 6) is -3.17. The third kappa shape index (κ3) is 3.61. The summed E-state index contributed by atoms with van der Waals surface area (Å²) in [5.41, 5.74) is -3.45. The quantitative estimate of drug-likeness (QED) is 0.792. The summed E-state index contributed by atoms with van der Waals surface area (Å²) in [7, 11) is 0.605. The Hall–Kier alpha value is -1.81. The van der Waals surface area contributed by atoms with Gasteiger partial charge in [-0.25, -0.2) is 13.8 Å². The normalized spacial score (nSPS) is 12.7. The number of aromatic nitrogens is 1. The van der Waals surface area contributed by atoms with Crippen LogP contribution in [0.3, 0.4) is 0 Å². The zero-order valence-electron chi connectivity index (χ0n) is 9.44. The van der Waals surface area contributed by atoms with Crippen LogP contribution in [0.5, 0.6) is 11.6 Å². The number of hydrogen-bond acceptors (Lipinski definition) is 3. The first-order valence-corrected chi connectivity index (χ1v) is 4.65. The van der Waals surface area contributed by atoms with Crippen molar-refractivity contribution in [3.8, 4) is 11.6 Å². The Morgan fingerprint density at radius 3 is 2.00 bits per heavy atom. The van der Waals surface area contributed by atoms with Crippen LogP contribution in [0.15, 0.2) is 6.20 Å². The minimum atomic E-state index is -5.39. The van der Waals surface area contributed by atoms with E-state index in [0.29, 0.717) is 7.11 Å². The van der Waals surface area contributed by atoms with Gasteiger partial charge in [0.05, 0.1) is 7.11 Å². The SMILES string of the molecule is COc1c(C(F)(F)F)cnc(OC(F)(F)F)c1C(F)F. The first-order valence-electron chi connectivity index (χ1n) is 4.65. The maximum Gasteiger partial charge on any atom is 0.574 e. The molecule has 0 spiro atoms. The number of nitrogens with zero attached hydrogens (tertiary/aromatic N) is 1. The van der Waals surface area contributed by atoms with E-state index in [9.17, 15) is 35.1 Å². The van der Waals surface area contributed by atoms with Crippen LogP contribution in [0, 0.1) is 0 Å². The largest absolute Gasteiger partial charge is 0.574 e. The topological polar surface area (TPSA) is 31.4 Å². The van der Waals surface area contributed by atoms with Crippen LogP contribution >= 0.6 is 0 Å². The zero-order valence-corrected chi connectivity index (χ0v) is 9.44. The standard InChI is InChI=1S/C9H5F8NO2/c1-19-5-3(8(12,13)14)2-18-7(4(5)6(10)11)20-9(15,16)17/h2,6H,1H3. The molecule has 0 aromatic carbocycles. The molecule has 11 heteroatoms. The molecule has 3 nitrogen and oxygen atoms in total. The molecule has 0 saturated carbocycles. The predicted octanol–water partition coefficient (Wildman–Crippen LogP) is 3.95. The van der Waals surface area contributed by atoms with Crippen molar-refractivity contribution in [2.75, 3.05) is 7.11 Å².